The lowest BCUT2D eigenvalue weighted by atomic mass is 9.84. The average molecular weight is 330 g/mol. The van der Waals surface area contributed by atoms with Crippen molar-refractivity contribution in [1.29, 1.82) is 0 Å². The van der Waals surface area contributed by atoms with Crippen LogP contribution in [0.15, 0.2) is 41.4 Å². The van der Waals surface area contributed by atoms with Gasteiger partial charge in [-0.15, -0.1) is 0 Å². The first-order chi connectivity index (χ1) is 11.6. The van der Waals surface area contributed by atoms with Crippen molar-refractivity contribution >= 4 is 11.6 Å². The number of ether oxygens (including phenoxy) is 4. The van der Waals surface area contributed by atoms with Crippen molar-refractivity contribution in [2.75, 3.05) is 27.9 Å². The highest BCUT2D eigenvalue weighted by Gasteiger charge is 2.36. The van der Waals surface area contributed by atoms with Crippen LogP contribution in [-0.2, 0) is 25.5 Å². The van der Waals surface area contributed by atoms with Crippen LogP contribution in [0.25, 0.3) is 0 Å². The Morgan fingerprint density at radius 3 is 2.54 bits per heavy atom. The van der Waals surface area contributed by atoms with E-state index in [2.05, 4.69) is 0 Å². The van der Waals surface area contributed by atoms with Gasteiger partial charge in [-0.2, -0.15) is 0 Å². The molecule has 0 amide bonds. The fourth-order valence-electron chi connectivity index (χ4n) is 3.01. The first-order valence-electron chi connectivity index (χ1n) is 7.51. The number of benzene rings is 1. The number of hydrogen-bond donors (Lipinski definition) is 0. The van der Waals surface area contributed by atoms with E-state index in [1.165, 1.54) is 20.3 Å². The van der Waals surface area contributed by atoms with Crippen LogP contribution >= 0.6 is 0 Å². The van der Waals surface area contributed by atoms with Crippen molar-refractivity contribution in [1.82, 2.24) is 0 Å². The zero-order chi connectivity index (χ0) is 17.3. The van der Waals surface area contributed by atoms with Gasteiger partial charge in [-0.25, -0.2) is 0 Å². The third-order valence-corrected chi connectivity index (χ3v) is 4.22. The maximum absolute atomic E-state index is 12.5. The van der Waals surface area contributed by atoms with Gasteiger partial charge in [0, 0.05) is 18.1 Å². The highest BCUT2D eigenvalue weighted by molar-refractivity contribution is 6.21. The first kappa shape index (κ1) is 16.1. The number of Topliss-reactive ketones (excluding diaryl/α,β-unsaturated/α-hetero) is 1. The van der Waals surface area contributed by atoms with E-state index >= 15 is 0 Å². The molecule has 6 nitrogen and oxygen atoms in total. The summed E-state index contributed by atoms with van der Waals surface area (Å²) >= 11 is 0. The third kappa shape index (κ3) is 2.64. The Morgan fingerprint density at radius 1 is 1.08 bits per heavy atom. The zero-order valence-corrected chi connectivity index (χ0v) is 13.8. The van der Waals surface area contributed by atoms with E-state index in [9.17, 15) is 9.59 Å². The molecule has 2 aliphatic rings. The molecule has 1 atom stereocenters. The molecule has 0 fully saturated rings. The molecule has 1 aliphatic heterocycles. The van der Waals surface area contributed by atoms with Crippen LogP contribution in [0, 0.1) is 5.92 Å². The normalized spacial score (nSPS) is 20.1. The summed E-state index contributed by atoms with van der Waals surface area (Å²) in [6, 6.07) is 5.56. The van der Waals surface area contributed by atoms with Crippen LogP contribution < -0.4 is 9.47 Å². The van der Waals surface area contributed by atoms with E-state index in [1.807, 2.05) is 18.2 Å². The molecule has 24 heavy (non-hydrogen) atoms. The van der Waals surface area contributed by atoms with Crippen molar-refractivity contribution in [2.24, 2.45) is 5.92 Å². The number of fused-ring (bicyclic) bond motifs is 1. The fourth-order valence-corrected chi connectivity index (χ4v) is 3.01. The van der Waals surface area contributed by atoms with E-state index in [-0.39, 0.29) is 29.8 Å². The van der Waals surface area contributed by atoms with Gasteiger partial charge in [0.05, 0.1) is 33.5 Å². The molecule has 6 heteroatoms. The molecule has 1 aromatic carbocycles. The molecule has 0 radical (unpaired) electrons. The molecule has 126 valence electrons. The zero-order valence-electron chi connectivity index (χ0n) is 13.8. The highest BCUT2D eigenvalue weighted by Crippen LogP contribution is 2.36. The van der Waals surface area contributed by atoms with Gasteiger partial charge in [0.25, 0.3) is 5.78 Å². The molecule has 0 N–H and O–H groups in total. The minimum absolute atomic E-state index is 0.0116. The van der Waals surface area contributed by atoms with Gasteiger partial charge in [-0.3, -0.25) is 9.59 Å². The predicted octanol–water partition coefficient (Wildman–Crippen LogP) is 1.83. The van der Waals surface area contributed by atoms with Crippen LogP contribution in [0.5, 0.6) is 11.5 Å². The summed E-state index contributed by atoms with van der Waals surface area (Å²) in [4.78, 5) is 24.8. The Balaban J connectivity index is 1.94. The monoisotopic (exact) mass is 330 g/mol. The Morgan fingerprint density at radius 2 is 1.88 bits per heavy atom. The van der Waals surface area contributed by atoms with Crippen molar-refractivity contribution in [2.45, 2.75) is 6.42 Å². The quantitative estimate of drug-likeness (QED) is 0.785. The summed E-state index contributed by atoms with van der Waals surface area (Å²) in [5.74, 6) is 0.497. The van der Waals surface area contributed by atoms with Gasteiger partial charge in [0.15, 0.2) is 17.3 Å². The number of hydrogen-bond acceptors (Lipinski definition) is 6. The van der Waals surface area contributed by atoms with Crippen molar-refractivity contribution in [3.05, 3.63) is 46.9 Å². The topological polar surface area (TPSA) is 71.1 Å². The molecule has 0 bridgehead atoms. The lowest BCUT2D eigenvalue weighted by Gasteiger charge is -2.29. The number of allylic oxidation sites excluding steroid dienone is 1. The average Bonchev–Trinajstić information content (AvgIpc) is 2.61. The molecule has 1 aliphatic carbocycles. The second kappa shape index (κ2) is 6.39. The Labute approximate surface area is 139 Å². The van der Waals surface area contributed by atoms with Crippen LogP contribution in [0.3, 0.4) is 0 Å². The predicted molar refractivity (Wildman–Crippen MR) is 84.8 cm³/mol. The SMILES string of the molecule is COC1=CC(=O)C([C@@H]2COc3cc(OC)ccc3C2)=C(OC)C1=O. The van der Waals surface area contributed by atoms with E-state index in [0.717, 1.165) is 11.3 Å². The second-order valence-corrected chi connectivity index (χ2v) is 5.54. The lowest BCUT2D eigenvalue weighted by Crippen LogP contribution is -2.31. The maximum atomic E-state index is 12.5. The Hall–Kier alpha value is -2.76. The Bertz CT molecular complexity index is 759. The van der Waals surface area contributed by atoms with Crippen LogP contribution in [0.4, 0.5) is 0 Å². The van der Waals surface area contributed by atoms with E-state index in [0.29, 0.717) is 17.7 Å². The molecular formula is C18H18O6. The minimum atomic E-state index is -0.421. The largest absolute Gasteiger partial charge is 0.497 e. The second-order valence-electron chi connectivity index (χ2n) is 5.54. The molecule has 0 unspecified atom stereocenters. The number of carbonyl (C=O) groups excluding carboxylic acids is 2. The smallest absolute Gasteiger partial charge is 0.262 e. The summed E-state index contributed by atoms with van der Waals surface area (Å²) in [7, 11) is 4.32. The first-order valence-corrected chi connectivity index (χ1v) is 7.51. The van der Waals surface area contributed by atoms with Gasteiger partial charge in [-0.05, 0) is 18.1 Å². The molecule has 3 rings (SSSR count). The number of methoxy groups -OCH3 is 3. The minimum Gasteiger partial charge on any atom is -0.497 e. The lowest BCUT2D eigenvalue weighted by molar-refractivity contribution is -0.121. The van der Waals surface area contributed by atoms with Gasteiger partial charge < -0.3 is 18.9 Å². The van der Waals surface area contributed by atoms with Crippen molar-refractivity contribution in [3.63, 3.8) is 0 Å². The molecule has 0 spiro atoms. The highest BCUT2D eigenvalue weighted by atomic mass is 16.5. The fraction of sp³-hybridized carbons (Fsp3) is 0.333. The summed E-state index contributed by atoms with van der Waals surface area (Å²) in [6.45, 7) is 0.289. The number of rotatable bonds is 4. The summed E-state index contributed by atoms with van der Waals surface area (Å²) in [6.07, 6.45) is 1.79. The van der Waals surface area contributed by atoms with Crippen LogP contribution in [0.2, 0.25) is 0 Å². The number of carbonyl (C=O) groups is 2. The third-order valence-electron chi connectivity index (χ3n) is 4.22. The molecule has 0 saturated heterocycles. The molecule has 1 aromatic rings. The van der Waals surface area contributed by atoms with Gasteiger partial charge in [-0.1, -0.05) is 6.07 Å². The van der Waals surface area contributed by atoms with E-state index in [1.54, 1.807) is 7.11 Å². The van der Waals surface area contributed by atoms with Crippen LogP contribution in [-0.4, -0.2) is 39.5 Å². The summed E-state index contributed by atoms with van der Waals surface area (Å²) in [5.41, 5.74) is 1.29. The van der Waals surface area contributed by atoms with Gasteiger partial charge in [0.1, 0.15) is 11.5 Å². The summed E-state index contributed by atoms with van der Waals surface area (Å²) < 4.78 is 21.1. The molecule has 1 heterocycles. The van der Waals surface area contributed by atoms with Gasteiger partial charge in [0.2, 0.25) is 0 Å². The maximum Gasteiger partial charge on any atom is 0.262 e. The van der Waals surface area contributed by atoms with E-state index < -0.39 is 5.78 Å². The van der Waals surface area contributed by atoms with Crippen molar-refractivity contribution in [3.8, 4) is 11.5 Å². The molecule has 0 aromatic heterocycles. The number of ketones is 2. The van der Waals surface area contributed by atoms with E-state index in [4.69, 9.17) is 18.9 Å². The van der Waals surface area contributed by atoms with Crippen LogP contribution in [0.1, 0.15) is 5.56 Å². The summed E-state index contributed by atoms with van der Waals surface area (Å²) in [5, 5.41) is 0. The molecular weight excluding hydrogens is 312 g/mol. The van der Waals surface area contributed by atoms with Gasteiger partial charge >= 0.3 is 0 Å². The standard InChI is InChI=1S/C18H18O6/c1-21-12-5-4-10-6-11(9-24-14(10)7-12)16-13(19)8-15(22-2)17(20)18(16)23-3/h4-5,7-8,11H,6,9H2,1-3H3/t11-/m0/s1. The Kier molecular flexibility index (Phi) is 4.29. The van der Waals surface area contributed by atoms with Crippen molar-refractivity contribution < 1.29 is 28.5 Å². The molecule has 0 saturated carbocycles.